The predicted molar refractivity (Wildman–Crippen MR) is 80.0 cm³/mol. The molecule has 0 amide bonds. The van der Waals surface area contributed by atoms with Crippen LogP contribution in [0.5, 0.6) is 0 Å². The quantitative estimate of drug-likeness (QED) is 0.749. The maximum absolute atomic E-state index is 5.88. The SMILES string of the molecule is Cc1ccccc1-c1nc(N)sc1-c1cccs1. The van der Waals surface area contributed by atoms with Gasteiger partial charge in [0.1, 0.15) is 0 Å². The van der Waals surface area contributed by atoms with Crippen LogP contribution in [0.3, 0.4) is 0 Å². The van der Waals surface area contributed by atoms with Gasteiger partial charge in [0, 0.05) is 10.4 Å². The Bertz CT molecular complexity index is 669. The van der Waals surface area contributed by atoms with Crippen molar-refractivity contribution in [2.45, 2.75) is 6.92 Å². The molecule has 2 N–H and O–H groups in total. The van der Waals surface area contributed by atoms with Gasteiger partial charge in [0.15, 0.2) is 5.13 Å². The maximum atomic E-state index is 5.88. The molecule has 2 nitrogen and oxygen atoms in total. The van der Waals surface area contributed by atoms with E-state index in [-0.39, 0.29) is 0 Å². The van der Waals surface area contributed by atoms with E-state index in [0.717, 1.165) is 16.1 Å². The van der Waals surface area contributed by atoms with Crippen molar-refractivity contribution in [2.75, 3.05) is 5.73 Å². The molecule has 0 saturated carbocycles. The molecule has 90 valence electrons. The Balaban J connectivity index is 2.22. The smallest absolute Gasteiger partial charge is 0.181 e. The molecule has 0 radical (unpaired) electrons. The van der Waals surface area contributed by atoms with Crippen LogP contribution in [-0.2, 0) is 0 Å². The summed E-state index contributed by atoms with van der Waals surface area (Å²) >= 11 is 3.27. The fraction of sp³-hybridized carbons (Fsp3) is 0.0714. The van der Waals surface area contributed by atoms with Crippen LogP contribution in [0, 0.1) is 6.92 Å². The van der Waals surface area contributed by atoms with Crippen LogP contribution in [0.15, 0.2) is 41.8 Å². The highest BCUT2D eigenvalue weighted by Gasteiger charge is 2.15. The van der Waals surface area contributed by atoms with Crippen LogP contribution in [0.2, 0.25) is 0 Å². The first-order valence-corrected chi connectivity index (χ1v) is 7.31. The fourth-order valence-electron chi connectivity index (χ4n) is 1.93. The highest BCUT2D eigenvalue weighted by Crippen LogP contribution is 2.40. The van der Waals surface area contributed by atoms with E-state index in [1.807, 2.05) is 12.1 Å². The monoisotopic (exact) mass is 272 g/mol. The van der Waals surface area contributed by atoms with E-state index in [1.54, 1.807) is 22.7 Å². The normalized spacial score (nSPS) is 10.7. The van der Waals surface area contributed by atoms with Gasteiger partial charge in [-0.3, -0.25) is 0 Å². The number of anilines is 1. The summed E-state index contributed by atoms with van der Waals surface area (Å²) in [7, 11) is 0. The van der Waals surface area contributed by atoms with Gasteiger partial charge >= 0.3 is 0 Å². The van der Waals surface area contributed by atoms with Crippen LogP contribution >= 0.6 is 22.7 Å². The van der Waals surface area contributed by atoms with Crippen molar-refractivity contribution in [1.29, 1.82) is 0 Å². The number of nitrogens with two attached hydrogens (primary N) is 1. The van der Waals surface area contributed by atoms with E-state index >= 15 is 0 Å². The number of nitrogen functional groups attached to an aromatic ring is 1. The Morgan fingerprint density at radius 3 is 2.67 bits per heavy atom. The standard InChI is InChI=1S/C14H12N2S2/c1-9-5-2-3-6-10(9)12-13(18-14(15)16-12)11-7-4-8-17-11/h2-8H,1H3,(H2,15,16). The van der Waals surface area contributed by atoms with Gasteiger partial charge in [0.2, 0.25) is 0 Å². The van der Waals surface area contributed by atoms with Crippen molar-refractivity contribution < 1.29 is 0 Å². The number of hydrogen-bond donors (Lipinski definition) is 1. The number of aromatic nitrogens is 1. The molecule has 0 bridgehead atoms. The van der Waals surface area contributed by atoms with Gasteiger partial charge in [0.25, 0.3) is 0 Å². The number of thiazole rings is 1. The first-order valence-electron chi connectivity index (χ1n) is 5.62. The Hall–Kier alpha value is -1.65. The van der Waals surface area contributed by atoms with Crippen LogP contribution in [0.25, 0.3) is 21.0 Å². The van der Waals surface area contributed by atoms with E-state index in [0.29, 0.717) is 5.13 Å². The second-order valence-electron chi connectivity index (χ2n) is 4.02. The number of aryl methyl sites for hydroxylation is 1. The Morgan fingerprint density at radius 2 is 1.94 bits per heavy atom. The minimum atomic E-state index is 0.622. The van der Waals surface area contributed by atoms with Crippen molar-refractivity contribution in [3.63, 3.8) is 0 Å². The van der Waals surface area contributed by atoms with Gasteiger partial charge in [-0.15, -0.1) is 11.3 Å². The Kier molecular flexibility index (Phi) is 2.89. The van der Waals surface area contributed by atoms with Crippen LogP contribution in [-0.4, -0.2) is 4.98 Å². The molecule has 0 spiro atoms. The highest BCUT2D eigenvalue weighted by atomic mass is 32.1. The molecule has 0 unspecified atom stereocenters. The van der Waals surface area contributed by atoms with Gasteiger partial charge in [-0.25, -0.2) is 4.98 Å². The molecule has 0 saturated heterocycles. The average Bonchev–Trinajstić information content (AvgIpc) is 2.98. The predicted octanol–water partition coefficient (Wildman–Crippen LogP) is 4.43. The molecule has 0 atom stereocenters. The van der Waals surface area contributed by atoms with E-state index < -0.39 is 0 Å². The van der Waals surface area contributed by atoms with Gasteiger partial charge < -0.3 is 5.73 Å². The first-order chi connectivity index (χ1) is 8.75. The molecule has 0 aliphatic rings. The van der Waals surface area contributed by atoms with Crippen molar-refractivity contribution in [1.82, 2.24) is 4.98 Å². The number of thiophene rings is 1. The van der Waals surface area contributed by atoms with Gasteiger partial charge in [0.05, 0.1) is 10.6 Å². The molecule has 0 fully saturated rings. The maximum Gasteiger partial charge on any atom is 0.181 e. The first kappa shape index (κ1) is 11.4. The van der Waals surface area contributed by atoms with Crippen molar-refractivity contribution in [2.24, 2.45) is 0 Å². The second kappa shape index (κ2) is 4.55. The topological polar surface area (TPSA) is 38.9 Å². The number of rotatable bonds is 2. The van der Waals surface area contributed by atoms with Gasteiger partial charge in [-0.05, 0) is 23.9 Å². The summed E-state index contributed by atoms with van der Waals surface area (Å²) in [6.45, 7) is 2.10. The number of hydrogen-bond acceptors (Lipinski definition) is 4. The van der Waals surface area contributed by atoms with Crippen molar-refractivity contribution in [3.05, 3.63) is 47.3 Å². The minimum Gasteiger partial charge on any atom is -0.375 e. The van der Waals surface area contributed by atoms with E-state index in [4.69, 9.17) is 5.73 Å². The summed E-state index contributed by atoms with van der Waals surface area (Å²) in [5.74, 6) is 0. The average molecular weight is 272 g/mol. The third kappa shape index (κ3) is 1.94. The lowest BCUT2D eigenvalue weighted by Gasteiger charge is -2.04. The molecule has 0 aliphatic heterocycles. The zero-order valence-corrected chi connectivity index (χ0v) is 11.5. The number of benzene rings is 1. The van der Waals surface area contributed by atoms with Crippen molar-refractivity contribution in [3.8, 4) is 21.0 Å². The third-order valence-corrected chi connectivity index (χ3v) is 4.72. The molecule has 2 heterocycles. The van der Waals surface area contributed by atoms with Gasteiger partial charge in [-0.1, -0.05) is 41.7 Å². The van der Waals surface area contributed by atoms with Gasteiger partial charge in [-0.2, -0.15) is 0 Å². The lowest BCUT2D eigenvalue weighted by atomic mass is 10.0. The summed E-state index contributed by atoms with van der Waals surface area (Å²) < 4.78 is 0. The largest absolute Gasteiger partial charge is 0.375 e. The van der Waals surface area contributed by atoms with Crippen LogP contribution < -0.4 is 5.73 Å². The molecule has 3 rings (SSSR count). The zero-order valence-electron chi connectivity index (χ0n) is 9.88. The molecular weight excluding hydrogens is 260 g/mol. The number of nitrogens with zero attached hydrogens (tertiary/aromatic N) is 1. The lowest BCUT2D eigenvalue weighted by molar-refractivity contribution is 1.37. The summed E-state index contributed by atoms with van der Waals surface area (Å²) in [4.78, 5) is 6.89. The van der Waals surface area contributed by atoms with E-state index in [1.165, 1.54) is 10.4 Å². The summed E-state index contributed by atoms with van der Waals surface area (Å²) in [5, 5.41) is 2.70. The fourth-order valence-corrected chi connectivity index (χ4v) is 3.63. The van der Waals surface area contributed by atoms with Crippen LogP contribution in [0.1, 0.15) is 5.56 Å². The highest BCUT2D eigenvalue weighted by molar-refractivity contribution is 7.23. The molecule has 0 aliphatic carbocycles. The third-order valence-electron chi connectivity index (χ3n) is 2.79. The summed E-state index contributed by atoms with van der Waals surface area (Å²) in [6.07, 6.45) is 0. The molecular formula is C14H12N2S2. The zero-order chi connectivity index (χ0) is 12.5. The summed E-state index contributed by atoms with van der Waals surface area (Å²) in [5.41, 5.74) is 9.27. The lowest BCUT2D eigenvalue weighted by Crippen LogP contribution is -1.86. The van der Waals surface area contributed by atoms with E-state index in [9.17, 15) is 0 Å². The molecule has 18 heavy (non-hydrogen) atoms. The van der Waals surface area contributed by atoms with Crippen LogP contribution in [0.4, 0.5) is 5.13 Å². The Morgan fingerprint density at radius 1 is 1.11 bits per heavy atom. The summed E-state index contributed by atoms with van der Waals surface area (Å²) in [6, 6.07) is 12.4. The minimum absolute atomic E-state index is 0.622. The van der Waals surface area contributed by atoms with E-state index in [2.05, 4.69) is 41.6 Å². The second-order valence-corrected chi connectivity index (χ2v) is 6.00. The molecule has 3 aromatic rings. The van der Waals surface area contributed by atoms with Crippen molar-refractivity contribution >= 4 is 27.8 Å². The molecule has 4 heteroatoms. The molecule has 1 aromatic carbocycles. The Labute approximate surface area is 114 Å². The molecule has 2 aromatic heterocycles.